The van der Waals surface area contributed by atoms with E-state index in [1.165, 1.54) is 12.1 Å². The molecule has 0 fully saturated rings. The van der Waals surface area contributed by atoms with Crippen LogP contribution in [0.25, 0.3) is 0 Å². The molecule has 22 heavy (non-hydrogen) atoms. The van der Waals surface area contributed by atoms with Crippen LogP contribution in [-0.2, 0) is 11.3 Å². The number of carbonyl (C=O) groups is 1. The van der Waals surface area contributed by atoms with Crippen LogP contribution in [0.5, 0.6) is 0 Å². The fourth-order valence-electron chi connectivity index (χ4n) is 1.63. The van der Waals surface area contributed by atoms with E-state index in [1.54, 1.807) is 0 Å². The minimum absolute atomic E-state index is 0.0242. The molecule has 1 amide bonds. The summed E-state index contributed by atoms with van der Waals surface area (Å²) in [4.78, 5) is 11.4. The van der Waals surface area contributed by atoms with Gasteiger partial charge in [0.15, 0.2) is 11.6 Å². The van der Waals surface area contributed by atoms with Gasteiger partial charge in [-0.3, -0.25) is 0 Å². The van der Waals surface area contributed by atoms with Crippen molar-refractivity contribution in [3.05, 3.63) is 71.3 Å². The van der Waals surface area contributed by atoms with Gasteiger partial charge in [0.2, 0.25) is 0 Å². The van der Waals surface area contributed by atoms with Crippen LogP contribution in [0, 0.1) is 23.5 Å². The van der Waals surface area contributed by atoms with E-state index in [9.17, 15) is 13.6 Å². The van der Waals surface area contributed by atoms with E-state index < -0.39 is 17.7 Å². The van der Waals surface area contributed by atoms with Crippen LogP contribution in [0.15, 0.2) is 48.5 Å². The first-order chi connectivity index (χ1) is 10.7. The third-order valence-corrected chi connectivity index (χ3v) is 2.71. The zero-order valence-corrected chi connectivity index (χ0v) is 11.6. The van der Waals surface area contributed by atoms with Crippen molar-refractivity contribution in [1.82, 2.24) is 5.32 Å². The highest BCUT2D eigenvalue weighted by Gasteiger charge is 2.04. The number of nitrogens with one attached hydrogen (secondary N) is 1. The van der Waals surface area contributed by atoms with Crippen molar-refractivity contribution in [2.24, 2.45) is 0 Å². The van der Waals surface area contributed by atoms with E-state index in [4.69, 9.17) is 4.74 Å². The average Bonchev–Trinajstić information content (AvgIpc) is 2.54. The van der Waals surface area contributed by atoms with Crippen LogP contribution in [0.1, 0.15) is 11.1 Å². The molecule has 0 bridgehead atoms. The maximum absolute atomic E-state index is 13.3. The highest BCUT2D eigenvalue weighted by Crippen LogP contribution is 2.09. The zero-order chi connectivity index (χ0) is 15.8. The summed E-state index contributed by atoms with van der Waals surface area (Å²) in [6.45, 7) is 0.127. The predicted octanol–water partition coefficient (Wildman–Crippen LogP) is 3.24. The molecule has 0 saturated carbocycles. The lowest BCUT2D eigenvalue weighted by molar-refractivity contribution is 0.141. The third-order valence-electron chi connectivity index (χ3n) is 2.71. The quantitative estimate of drug-likeness (QED) is 0.884. The lowest BCUT2D eigenvalue weighted by Crippen LogP contribution is -2.24. The van der Waals surface area contributed by atoms with Crippen molar-refractivity contribution in [2.75, 3.05) is 6.54 Å². The van der Waals surface area contributed by atoms with Gasteiger partial charge in [0.05, 0.1) is 12.1 Å². The summed E-state index contributed by atoms with van der Waals surface area (Å²) in [7, 11) is 0. The molecule has 0 aliphatic heterocycles. The molecule has 0 spiro atoms. The highest BCUT2D eigenvalue weighted by atomic mass is 19.2. The third kappa shape index (κ3) is 4.60. The van der Waals surface area contributed by atoms with Crippen LogP contribution in [0.2, 0.25) is 0 Å². The maximum atomic E-state index is 13.3. The van der Waals surface area contributed by atoms with Gasteiger partial charge in [0.25, 0.3) is 0 Å². The topological polar surface area (TPSA) is 38.3 Å². The Morgan fingerprint density at radius 3 is 2.64 bits per heavy atom. The SMILES string of the molecule is O=C(NCC#Cc1cccc(F)c1F)OCc1ccccc1. The first-order valence-corrected chi connectivity index (χ1v) is 6.54. The molecule has 1 N–H and O–H groups in total. The van der Waals surface area contributed by atoms with Crippen LogP contribution in [-0.4, -0.2) is 12.6 Å². The van der Waals surface area contributed by atoms with Crippen molar-refractivity contribution >= 4 is 6.09 Å². The van der Waals surface area contributed by atoms with E-state index in [0.717, 1.165) is 11.6 Å². The van der Waals surface area contributed by atoms with Crippen molar-refractivity contribution in [2.45, 2.75) is 6.61 Å². The van der Waals surface area contributed by atoms with Gasteiger partial charge in [-0.25, -0.2) is 13.6 Å². The first kappa shape index (κ1) is 15.5. The van der Waals surface area contributed by atoms with E-state index >= 15 is 0 Å². The molecule has 112 valence electrons. The van der Waals surface area contributed by atoms with Crippen LogP contribution < -0.4 is 5.32 Å². The number of hydrogen-bond acceptors (Lipinski definition) is 2. The highest BCUT2D eigenvalue weighted by molar-refractivity contribution is 5.67. The Morgan fingerprint density at radius 1 is 1.09 bits per heavy atom. The molecular formula is C17H13F2NO2. The zero-order valence-electron chi connectivity index (χ0n) is 11.6. The number of halogens is 2. The van der Waals surface area contributed by atoms with Crippen LogP contribution in [0.4, 0.5) is 13.6 Å². The summed E-state index contributed by atoms with van der Waals surface area (Å²) in [5.74, 6) is 3.02. The van der Waals surface area contributed by atoms with E-state index in [-0.39, 0.29) is 18.7 Å². The molecular weight excluding hydrogens is 288 g/mol. The molecule has 0 aliphatic carbocycles. The number of ether oxygens (including phenoxy) is 1. The Labute approximate surface area is 126 Å². The largest absolute Gasteiger partial charge is 0.445 e. The normalized spacial score (nSPS) is 9.55. The molecule has 2 aromatic rings. The van der Waals surface area contributed by atoms with Crippen LogP contribution in [0.3, 0.4) is 0 Å². The molecule has 2 rings (SSSR count). The van der Waals surface area contributed by atoms with Crippen LogP contribution >= 0.6 is 0 Å². The molecule has 0 aromatic heterocycles. The summed E-state index contributed by atoms with van der Waals surface area (Å²) >= 11 is 0. The molecule has 3 nitrogen and oxygen atoms in total. The van der Waals surface area contributed by atoms with Gasteiger partial charge in [-0.15, -0.1) is 0 Å². The maximum Gasteiger partial charge on any atom is 0.408 e. The molecule has 0 radical (unpaired) electrons. The summed E-state index contributed by atoms with van der Waals surface area (Å²) < 4.78 is 31.2. The first-order valence-electron chi connectivity index (χ1n) is 6.54. The summed E-state index contributed by atoms with van der Waals surface area (Å²) in [5, 5.41) is 2.41. The number of alkyl carbamates (subject to hydrolysis) is 1. The Balaban J connectivity index is 1.78. The lowest BCUT2D eigenvalue weighted by atomic mass is 10.2. The minimum Gasteiger partial charge on any atom is -0.445 e. The summed E-state index contributed by atoms with van der Waals surface area (Å²) in [6.07, 6.45) is -0.627. The fraction of sp³-hybridized carbons (Fsp3) is 0.118. The Hall–Kier alpha value is -2.87. The van der Waals surface area contributed by atoms with Crippen molar-refractivity contribution in [1.29, 1.82) is 0 Å². The van der Waals surface area contributed by atoms with Gasteiger partial charge in [-0.1, -0.05) is 48.2 Å². The van der Waals surface area contributed by atoms with Gasteiger partial charge < -0.3 is 10.1 Å². The molecule has 5 heteroatoms. The number of hydrogen-bond donors (Lipinski definition) is 1. The Bertz CT molecular complexity index is 706. The standard InChI is InChI=1S/C17H13F2NO2/c18-15-10-4-8-14(16(15)19)9-5-11-20-17(21)22-12-13-6-2-1-3-7-13/h1-4,6-8,10H,11-12H2,(H,20,21). The van der Waals surface area contributed by atoms with Gasteiger partial charge in [0, 0.05) is 0 Å². The minimum atomic E-state index is -0.998. The fourth-order valence-corrected chi connectivity index (χ4v) is 1.63. The van der Waals surface area contributed by atoms with Gasteiger partial charge in [0.1, 0.15) is 6.61 Å². The van der Waals surface area contributed by atoms with E-state index in [2.05, 4.69) is 17.2 Å². The summed E-state index contributed by atoms with van der Waals surface area (Å²) in [6, 6.07) is 13.0. The van der Waals surface area contributed by atoms with Crippen molar-refractivity contribution in [3.63, 3.8) is 0 Å². The molecule has 0 saturated heterocycles. The molecule has 0 heterocycles. The second-order valence-corrected chi connectivity index (χ2v) is 4.32. The molecule has 0 atom stereocenters. The molecule has 0 aliphatic rings. The van der Waals surface area contributed by atoms with E-state index in [1.807, 2.05) is 30.3 Å². The molecule has 0 unspecified atom stereocenters. The van der Waals surface area contributed by atoms with Crippen molar-refractivity contribution in [3.8, 4) is 11.8 Å². The number of rotatable bonds is 3. The van der Waals surface area contributed by atoms with Gasteiger partial charge in [-0.05, 0) is 17.7 Å². The summed E-state index contributed by atoms with van der Waals surface area (Å²) in [5.41, 5.74) is 0.810. The van der Waals surface area contributed by atoms with E-state index in [0.29, 0.717) is 0 Å². The average molecular weight is 301 g/mol. The second-order valence-electron chi connectivity index (χ2n) is 4.32. The monoisotopic (exact) mass is 301 g/mol. The number of amides is 1. The second kappa shape index (κ2) is 7.79. The Morgan fingerprint density at radius 2 is 1.86 bits per heavy atom. The van der Waals surface area contributed by atoms with Crippen molar-refractivity contribution < 1.29 is 18.3 Å². The smallest absolute Gasteiger partial charge is 0.408 e. The number of carbonyl (C=O) groups excluding carboxylic acids is 1. The predicted molar refractivity (Wildman–Crippen MR) is 77.9 cm³/mol. The van der Waals surface area contributed by atoms with Gasteiger partial charge in [-0.2, -0.15) is 0 Å². The Kier molecular flexibility index (Phi) is 5.50. The molecule has 2 aromatic carbocycles. The number of benzene rings is 2. The lowest BCUT2D eigenvalue weighted by Gasteiger charge is -2.04. The van der Waals surface area contributed by atoms with Gasteiger partial charge >= 0.3 is 6.09 Å².